The van der Waals surface area contributed by atoms with Crippen molar-refractivity contribution in [2.24, 2.45) is 11.3 Å². The summed E-state index contributed by atoms with van der Waals surface area (Å²) in [4.78, 5) is 0. The summed E-state index contributed by atoms with van der Waals surface area (Å²) >= 11 is 0. The van der Waals surface area contributed by atoms with E-state index in [2.05, 4.69) is 27.7 Å². The average molecular weight is 186 g/mol. The van der Waals surface area contributed by atoms with E-state index in [0.29, 0.717) is 11.3 Å². The zero-order chi connectivity index (χ0) is 10.5. The third kappa shape index (κ3) is 6.09. The molecule has 0 aliphatic rings. The Morgan fingerprint density at radius 3 is 2.08 bits per heavy atom. The molecular formula is C12H26O. The van der Waals surface area contributed by atoms with Crippen LogP contribution in [0.5, 0.6) is 0 Å². The number of hydrogen-bond donors (Lipinski definition) is 1. The molecule has 0 amide bonds. The predicted molar refractivity (Wildman–Crippen MR) is 58.8 cm³/mol. The molecule has 0 aromatic rings. The zero-order valence-corrected chi connectivity index (χ0v) is 9.93. The summed E-state index contributed by atoms with van der Waals surface area (Å²) in [6.45, 7) is 10.9. The van der Waals surface area contributed by atoms with Crippen molar-refractivity contribution in [3.8, 4) is 0 Å². The number of hydrogen-bond acceptors (Lipinski definition) is 1. The molecule has 0 aromatic heterocycles. The third-order valence-electron chi connectivity index (χ3n) is 2.76. The number of aliphatic hydroxyl groups excluding tert-OH is 1. The Balaban J connectivity index is 4.03. The standard InChI is InChI=1S/C12H26O/c1-6-7-8-11(9-10(2)13)12(3,4)5/h10-11,13H,6-9H2,1-5H3. The topological polar surface area (TPSA) is 20.2 Å². The zero-order valence-electron chi connectivity index (χ0n) is 9.93. The van der Waals surface area contributed by atoms with Crippen molar-refractivity contribution in [2.45, 2.75) is 66.4 Å². The van der Waals surface area contributed by atoms with Gasteiger partial charge in [0.15, 0.2) is 0 Å². The van der Waals surface area contributed by atoms with Crippen LogP contribution in [-0.4, -0.2) is 11.2 Å². The maximum absolute atomic E-state index is 9.39. The molecule has 0 bridgehead atoms. The van der Waals surface area contributed by atoms with E-state index in [1.807, 2.05) is 6.92 Å². The number of unbranched alkanes of at least 4 members (excludes halogenated alkanes) is 1. The van der Waals surface area contributed by atoms with Gasteiger partial charge in [0, 0.05) is 0 Å². The van der Waals surface area contributed by atoms with Gasteiger partial charge in [-0.3, -0.25) is 0 Å². The van der Waals surface area contributed by atoms with Crippen molar-refractivity contribution in [2.75, 3.05) is 0 Å². The van der Waals surface area contributed by atoms with Crippen LogP contribution in [0, 0.1) is 11.3 Å². The van der Waals surface area contributed by atoms with Crippen LogP contribution in [0.15, 0.2) is 0 Å². The Hall–Kier alpha value is -0.0400. The second-order valence-electron chi connectivity index (χ2n) is 5.29. The van der Waals surface area contributed by atoms with Crippen molar-refractivity contribution in [1.82, 2.24) is 0 Å². The first-order valence-electron chi connectivity index (χ1n) is 5.56. The minimum absolute atomic E-state index is 0.152. The summed E-state index contributed by atoms with van der Waals surface area (Å²) in [6, 6.07) is 0. The summed E-state index contributed by atoms with van der Waals surface area (Å²) in [6.07, 6.45) is 4.59. The normalized spacial score (nSPS) is 17.1. The minimum Gasteiger partial charge on any atom is -0.393 e. The largest absolute Gasteiger partial charge is 0.393 e. The molecule has 0 saturated carbocycles. The SMILES string of the molecule is CCCCC(CC(C)O)C(C)(C)C. The smallest absolute Gasteiger partial charge is 0.0515 e. The maximum Gasteiger partial charge on any atom is 0.0515 e. The van der Waals surface area contributed by atoms with E-state index >= 15 is 0 Å². The van der Waals surface area contributed by atoms with Gasteiger partial charge in [-0.1, -0.05) is 40.5 Å². The highest BCUT2D eigenvalue weighted by Crippen LogP contribution is 2.33. The molecule has 0 aliphatic carbocycles. The fourth-order valence-electron chi connectivity index (χ4n) is 1.77. The summed E-state index contributed by atoms with van der Waals surface area (Å²) in [5.41, 5.74) is 0.339. The minimum atomic E-state index is -0.152. The van der Waals surface area contributed by atoms with Crippen LogP contribution in [0.1, 0.15) is 60.3 Å². The Morgan fingerprint density at radius 2 is 1.77 bits per heavy atom. The van der Waals surface area contributed by atoms with Gasteiger partial charge in [0.1, 0.15) is 0 Å². The van der Waals surface area contributed by atoms with E-state index in [1.165, 1.54) is 19.3 Å². The van der Waals surface area contributed by atoms with Crippen molar-refractivity contribution in [1.29, 1.82) is 0 Å². The van der Waals surface area contributed by atoms with Crippen LogP contribution in [0.25, 0.3) is 0 Å². The van der Waals surface area contributed by atoms with Gasteiger partial charge in [-0.2, -0.15) is 0 Å². The highest BCUT2D eigenvalue weighted by atomic mass is 16.3. The second kappa shape index (κ2) is 5.64. The molecule has 0 radical (unpaired) electrons. The van der Waals surface area contributed by atoms with Gasteiger partial charge < -0.3 is 5.11 Å². The van der Waals surface area contributed by atoms with Gasteiger partial charge in [0.2, 0.25) is 0 Å². The van der Waals surface area contributed by atoms with Crippen LogP contribution in [-0.2, 0) is 0 Å². The van der Waals surface area contributed by atoms with E-state index in [-0.39, 0.29) is 6.10 Å². The molecule has 1 heteroatoms. The Morgan fingerprint density at radius 1 is 1.23 bits per heavy atom. The van der Waals surface area contributed by atoms with Crippen LogP contribution in [0.4, 0.5) is 0 Å². The lowest BCUT2D eigenvalue weighted by Crippen LogP contribution is -2.24. The Kier molecular flexibility index (Phi) is 5.62. The molecule has 2 atom stereocenters. The van der Waals surface area contributed by atoms with E-state index in [0.717, 1.165) is 6.42 Å². The highest BCUT2D eigenvalue weighted by molar-refractivity contribution is 4.75. The molecule has 0 saturated heterocycles. The van der Waals surface area contributed by atoms with Crippen molar-refractivity contribution in [3.05, 3.63) is 0 Å². The molecule has 2 unspecified atom stereocenters. The van der Waals surface area contributed by atoms with E-state index < -0.39 is 0 Å². The molecular weight excluding hydrogens is 160 g/mol. The van der Waals surface area contributed by atoms with E-state index in [9.17, 15) is 5.11 Å². The molecule has 80 valence electrons. The summed E-state index contributed by atoms with van der Waals surface area (Å²) in [7, 11) is 0. The molecule has 13 heavy (non-hydrogen) atoms. The van der Waals surface area contributed by atoms with Gasteiger partial charge in [0.25, 0.3) is 0 Å². The first kappa shape index (κ1) is 13.0. The monoisotopic (exact) mass is 186 g/mol. The van der Waals surface area contributed by atoms with E-state index in [1.54, 1.807) is 0 Å². The van der Waals surface area contributed by atoms with E-state index in [4.69, 9.17) is 0 Å². The third-order valence-corrected chi connectivity index (χ3v) is 2.76. The lowest BCUT2D eigenvalue weighted by Gasteiger charge is -2.31. The summed E-state index contributed by atoms with van der Waals surface area (Å²) in [5.74, 6) is 0.660. The second-order valence-corrected chi connectivity index (χ2v) is 5.29. The summed E-state index contributed by atoms with van der Waals surface area (Å²) < 4.78 is 0. The molecule has 0 aliphatic heterocycles. The maximum atomic E-state index is 9.39. The van der Waals surface area contributed by atoms with Gasteiger partial charge in [-0.05, 0) is 31.1 Å². The molecule has 0 spiro atoms. The Labute approximate surface area is 83.5 Å². The fraction of sp³-hybridized carbons (Fsp3) is 1.00. The van der Waals surface area contributed by atoms with Gasteiger partial charge >= 0.3 is 0 Å². The number of rotatable bonds is 5. The van der Waals surface area contributed by atoms with Crippen LogP contribution in [0.2, 0.25) is 0 Å². The lowest BCUT2D eigenvalue weighted by atomic mass is 9.75. The molecule has 0 rings (SSSR count). The van der Waals surface area contributed by atoms with Crippen molar-refractivity contribution < 1.29 is 5.11 Å². The average Bonchev–Trinajstić information content (AvgIpc) is 1.95. The fourth-order valence-corrected chi connectivity index (χ4v) is 1.77. The van der Waals surface area contributed by atoms with Crippen LogP contribution < -0.4 is 0 Å². The molecule has 0 heterocycles. The molecule has 1 N–H and O–H groups in total. The van der Waals surface area contributed by atoms with Crippen molar-refractivity contribution >= 4 is 0 Å². The van der Waals surface area contributed by atoms with Gasteiger partial charge in [-0.25, -0.2) is 0 Å². The number of aliphatic hydroxyl groups is 1. The highest BCUT2D eigenvalue weighted by Gasteiger charge is 2.24. The van der Waals surface area contributed by atoms with Crippen LogP contribution >= 0.6 is 0 Å². The first-order valence-corrected chi connectivity index (χ1v) is 5.56. The van der Waals surface area contributed by atoms with Gasteiger partial charge in [0.05, 0.1) is 6.10 Å². The predicted octanol–water partition coefficient (Wildman–Crippen LogP) is 3.61. The first-order chi connectivity index (χ1) is 5.88. The van der Waals surface area contributed by atoms with Crippen molar-refractivity contribution in [3.63, 3.8) is 0 Å². The summed E-state index contributed by atoms with van der Waals surface area (Å²) in [5, 5.41) is 9.39. The van der Waals surface area contributed by atoms with Crippen LogP contribution in [0.3, 0.4) is 0 Å². The van der Waals surface area contributed by atoms with Gasteiger partial charge in [-0.15, -0.1) is 0 Å². The molecule has 0 aromatic carbocycles. The molecule has 1 nitrogen and oxygen atoms in total. The molecule has 0 fully saturated rings. The quantitative estimate of drug-likeness (QED) is 0.695. The lowest BCUT2D eigenvalue weighted by molar-refractivity contribution is 0.108. The Bertz CT molecular complexity index is 122.